The van der Waals surface area contributed by atoms with Gasteiger partial charge >= 0.3 is 25.4 Å². The lowest BCUT2D eigenvalue weighted by molar-refractivity contribution is -0.149. The standard InChI is InChI=1S/C25H41N4O11PS/c1-14(2)39-22(32)15(3)28-41(35,37-10-11-42-23(33)25(5,6)7)38-13-18-17(12-36-16(4)30)20(26)21(40-18)29-9-8-19(31)27-24(29)34/h8-9,14-15,17-18,20-21H,10-13,26H2,1-7H3,(H,28,35)(H,27,31,34)/t15-,17+,18+,20+,21+,41?/m0/s1. The number of esters is 2. The van der Waals surface area contributed by atoms with Gasteiger partial charge in [-0.25, -0.2) is 14.4 Å². The predicted molar refractivity (Wildman–Crippen MR) is 154 cm³/mol. The number of rotatable bonds is 14. The van der Waals surface area contributed by atoms with Crippen LogP contribution < -0.4 is 22.1 Å². The van der Waals surface area contributed by atoms with E-state index in [4.69, 9.17) is 29.0 Å². The molecule has 1 aliphatic heterocycles. The van der Waals surface area contributed by atoms with Crippen molar-refractivity contribution in [2.45, 2.75) is 79.0 Å². The largest absolute Gasteiger partial charge is 0.465 e. The number of carbonyl (C=O) groups excluding carboxylic acids is 3. The Balaban J connectivity index is 2.24. The zero-order valence-electron chi connectivity index (χ0n) is 24.8. The molecule has 1 saturated heterocycles. The lowest BCUT2D eigenvalue weighted by Crippen LogP contribution is -2.42. The van der Waals surface area contributed by atoms with Crippen LogP contribution in [0.25, 0.3) is 0 Å². The molecule has 0 radical (unpaired) electrons. The molecule has 1 aromatic rings. The number of nitrogens with zero attached hydrogens (tertiary/aromatic N) is 1. The second kappa shape index (κ2) is 15.4. The second-order valence-corrected chi connectivity index (χ2v) is 13.8. The molecular formula is C25H41N4O11PS. The zero-order valence-corrected chi connectivity index (χ0v) is 26.5. The van der Waals surface area contributed by atoms with Gasteiger partial charge < -0.3 is 19.9 Å². The molecule has 17 heteroatoms. The molecule has 1 aliphatic rings. The molecule has 15 nitrogen and oxygen atoms in total. The Morgan fingerprint density at radius 1 is 1.19 bits per heavy atom. The molecule has 1 unspecified atom stereocenters. The maximum absolute atomic E-state index is 13.8. The maximum atomic E-state index is 13.8. The molecule has 42 heavy (non-hydrogen) atoms. The van der Waals surface area contributed by atoms with Gasteiger partial charge in [-0.1, -0.05) is 32.5 Å². The van der Waals surface area contributed by atoms with Crippen LogP contribution in [0.4, 0.5) is 0 Å². The SMILES string of the molecule is CC(=O)OC[C@H]1[C@@H](N)[C@H](n2ccc(=O)[nH]c2=O)O[C@@H]1COP(=O)(N[C@@H](C)C(=O)OC(C)C)OCCSC(=O)C(C)(C)C. The highest BCUT2D eigenvalue weighted by Crippen LogP contribution is 2.46. The van der Waals surface area contributed by atoms with Crippen LogP contribution in [0.5, 0.6) is 0 Å². The van der Waals surface area contributed by atoms with Crippen LogP contribution in [0.15, 0.2) is 21.9 Å². The minimum absolute atomic E-state index is 0.0890. The molecule has 0 bridgehead atoms. The van der Waals surface area contributed by atoms with Crippen molar-refractivity contribution < 1.29 is 42.2 Å². The third kappa shape index (κ3) is 10.7. The highest BCUT2D eigenvalue weighted by molar-refractivity contribution is 8.13. The summed E-state index contributed by atoms with van der Waals surface area (Å²) in [6, 6.07) is -0.887. The van der Waals surface area contributed by atoms with E-state index in [9.17, 15) is 28.5 Å². The number of thioether (sulfide) groups is 1. The number of nitrogens with two attached hydrogens (primary N) is 1. The summed E-state index contributed by atoms with van der Waals surface area (Å²) in [5.74, 6) is -1.84. The smallest absolute Gasteiger partial charge is 0.406 e. The third-order valence-corrected chi connectivity index (χ3v) is 8.84. The van der Waals surface area contributed by atoms with E-state index < -0.39 is 79.4 Å². The molecule has 0 aliphatic carbocycles. The summed E-state index contributed by atoms with van der Waals surface area (Å²) in [7, 11) is -4.24. The molecule has 0 aromatic carbocycles. The number of nitrogens with one attached hydrogen (secondary N) is 2. The normalized spacial score (nSPS) is 22.9. The number of ether oxygens (including phenoxy) is 3. The van der Waals surface area contributed by atoms with Crippen molar-refractivity contribution in [3.8, 4) is 0 Å². The first-order valence-electron chi connectivity index (χ1n) is 13.3. The molecule has 4 N–H and O–H groups in total. The Kier molecular flexibility index (Phi) is 13.2. The van der Waals surface area contributed by atoms with E-state index in [0.29, 0.717) is 0 Å². The molecule has 1 fully saturated rings. The Morgan fingerprint density at radius 2 is 1.86 bits per heavy atom. The van der Waals surface area contributed by atoms with E-state index in [-0.39, 0.29) is 24.1 Å². The summed E-state index contributed by atoms with van der Waals surface area (Å²) in [6.07, 6.45) is -1.26. The fourth-order valence-corrected chi connectivity index (χ4v) is 6.11. The first-order chi connectivity index (χ1) is 19.4. The average Bonchev–Trinajstić information content (AvgIpc) is 3.17. The Hall–Kier alpha value is -2.33. The van der Waals surface area contributed by atoms with E-state index >= 15 is 0 Å². The van der Waals surface area contributed by atoms with Crippen LogP contribution in [-0.4, -0.2) is 76.5 Å². The Labute approximate surface area is 248 Å². The van der Waals surface area contributed by atoms with Gasteiger partial charge in [0.2, 0.25) is 0 Å². The lowest BCUT2D eigenvalue weighted by atomic mass is 9.97. The Morgan fingerprint density at radius 3 is 2.43 bits per heavy atom. The molecule has 0 amide bonds. The van der Waals surface area contributed by atoms with Gasteiger partial charge in [0, 0.05) is 36.3 Å². The van der Waals surface area contributed by atoms with Gasteiger partial charge in [0.05, 0.1) is 38.1 Å². The van der Waals surface area contributed by atoms with Crippen molar-refractivity contribution in [3.05, 3.63) is 33.1 Å². The number of hydrogen-bond acceptors (Lipinski definition) is 13. The lowest BCUT2D eigenvalue weighted by Gasteiger charge is -2.26. The third-order valence-electron chi connectivity index (χ3n) is 5.88. The topological polar surface area (TPSA) is 207 Å². The van der Waals surface area contributed by atoms with E-state index in [2.05, 4.69) is 10.1 Å². The predicted octanol–water partition coefficient (Wildman–Crippen LogP) is 1.32. The monoisotopic (exact) mass is 636 g/mol. The summed E-state index contributed by atoms with van der Waals surface area (Å²) in [6.45, 7) is 10.5. The highest BCUT2D eigenvalue weighted by atomic mass is 32.2. The summed E-state index contributed by atoms with van der Waals surface area (Å²) < 4.78 is 42.4. The minimum atomic E-state index is -4.24. The van der Waals surface area contributed by atoms with Gasteiger partial charge in [0.1, 0.15) is 6.04 Å². The molecule has 238 valence electrons. The maximum Gasteiger partial charge on any atom is 0.406 e. The Bertz CT molecular complexity index is 1260. The van der Waals surface area contributed by atoms with E-state index in [1.165, 1.54) is 20.0 Å². The summed E-state index contributed by atoms with van der Waals surface area (Å²) in [4.78, 5) is 62.2. The van der Waals surface area contributed by atoms with Crippen molar-refractivity contribution in [2.24, 2.45) is 17.1 Å². The molecule has 6 atom stereocenters. The van der Waals surface area contributed by atoms with Crippen LogP contribution in [0.2, 0.25) is 0 Å². The van der Waals surface area contributed by atoms with E-state index in [1.54, 1.807) is 34.6 Å². The average molecular weight is 637 g/mol. The van der Waals surface area contributed by atoms with Gasteiger partial charge in [-0.05, 0) is 20.8 Å². The van der Waals surface area contributed by atoms with Crippen molar-refractivity contribution in [1.82, 2.24) is 14.6 Å². The van der Waals surface area contributed by atoms with Crippen molar-refractivity contribution in [2.75, 3.05) is 25.6 Å². The summed E-state index contributed by atoms with van der Waals surface area (Å²) >= 11 is 1.00. The number of H-pyrrole nitrogens is 1. The van der Waals surface area contributed by atoms with Crippen LogP contribution in [-0.2, 0) is 42.2 Å². The first-order valence-corrected chi connectivity index (χ1v) is 15.9. The summed E-state index contributed by atoms with van der Waals surface area (Å²) in [5, 5.41) is 2.46. The van der Waals surface area contributed by atoms with Gasteiger partial charge in [-0.3, -0.25) is 37.8 Å². The van der Waals surface area contributed by atoms with Crippen LogP contribution in [0.1, 0.15) is 54.7 Å². The highest BCUT2D eigenvalue weighted by Gasteiger charge is 2.46. The zero-order chi connectivity index (χ0) is 31.8. The quantitative estimate of drug-likeness (QED) is 0.150. The first kappa shape index (κ1) is 35.9. The number of carbonyl (C=O) groups is 3. The van der Waals surface area contributed by atoms with Crippen LogP contribution in [0.3, 0.4) is 0 Å². The molecule has 2 rings (SSSR count). The van der Waals surface area contributed by atoms with Gasteiger partial charge in [0.25, 0.3) is 5.56 Å². The fraction of sp³-hybridized carbons (Fsp3) is 0.720. The van der Waals surface area contributed by atoms with Crippen LogP contribution in [0, 0.1) is 11.3 Å². The van der Waals surface area contributed by atoms with E-state index in [1.807, 2.05) is 0 Å². The van der Waals surface area contributed by atoms with Crippen LogP contribution >= 0.6 is 19.5 Å². The molecule has 2 heterocycles. The van der Waals surface area contributed by atoms with E-state index in [0.717, 1.165) is 22.4 Å². The van der Waals surface area contributed by atoms with Gasteiger partial charge in [-0.15, -0.1) is 0 Å². The molecule has 0 spiro atoms. The van der Waals surface area contributed by atoms with Crippen molar-refractivity contribution in [3.63, 3.8) is 0 Å². The van der Waals surface area contributed by atoms with Gasteiger partial charge in [0.15, 0.2) is 11.3 Å². The number of aromatic nitrogens is 2. The second-order valence-electron chi connectivity index (χ2n) is 11.0. The fourth-order valence-electron chi connectivity index (χ4n) is 3.72. The minimum Gasteiger partial charge on any atom is -0.465 e. The molecule has 0 saturated carbocycles. The number of aromatic amines is 1. The van der Waals surface area contributed by atoms with Crippen molar-refractivity contribution in [1.29, 1.82) is 0 Å². The van der Waals surface area contributed by atoms with Gasteiger partial charge in [-0.2, -0.15) is 0 Å². The van der Waals surface area contributed by atoms with Crippen molar-refractivity contribution >= 4 is 36.6 Å². The molecule has 1 aromatic heterocycles. The molecular weight excluding hydrogens is 595 g/mol. The number of hydrogen-bond donors (Lipinski definition) is 3. The summed E-state index contributed by atoms with van der Waals surface area (Å²) in [5.41, 5.74) is 4.40.